The van der Waals surface area contributed by atoms with Crippen molar-refractivity contribution in [3.8, 4) is 11.5 Å². The van der Waals surface area contributed by atoms with Gasteiger partial charge in [0.15, 0.2) is 11.5 Å². The van der Waals surface area contributed by atoms with Crippen molar-refractivity contribution in [2.24, 2.45) is 5.10 Å². The standard InChI is InChI=1S/C22H17ClIN3O5/c1-31-20-11-14(10-19(24)21(20)32-13-16-4-2-3-5-18(16)23)12-25-26-22(28)15-6-8-17(9-7-15)27(29)30/h2-12H,13H2,1H3,(H,26,28). The lowest BCUT2D eigenvalue weighted by atomic mass is 10.2. The molecule has 0 spiro atoms. The van der Waals surface area contributed by atoms with Crippen LogP contribution >= 0.6 is 34.2 Å². The molecule has 0 fully saturated rings. The Morgan fingerprint density at radius 1 is 1.22 bits per heavy atom. The smallest absolute Gasteiger partial charge is 0.271 e. The third-order valence-corrected chi connectivity index (χ3v) is 5.47. The number of carbonyl (C=O) groups excluding carboxylic acids is 1. The molecule has 0 aliphatic rings. The van der Waals surface area contributed by atoms with Gasteiger partial charge >= 0.3 is 0 Å². The summed E-state index contributed by atoms with van der Waals surface area (Å²) < 4.78 is 12.2. The molecule has 0 aliphatic heterocycles. The summed E-state index contributed by atoms with van der Waals surface area (Å²) in [6, 6.07) is 16.2. The first-order valence-electron chi connectivity index (χ1n) is 9.20. The third-order valence-electron chi connectivity index (χ3n) is 4.30. The number of rotatable bonds is 8. The van der Waals surface area contributed by atoms with Gasteiger partial charge in [0.2, 0.25) is 0 Å². The summed E-state index contributed by atoms with van der Waals surface area (Å²) in [6.45, 7) is 0.283. The molecule has 8 nitrogen and oxygen atoms in total. The van der Waals surface area contributed by atoms with Gasteiger partial charge in [-0.3, -0.25) is 14.9 Å². The lowest BCUT2D eigenvalue weighted by molar-refractivity contribution is -0.384. The lowest BCUT2D eigenvalue weighted by Gasteiger charge is -2.14. The fraction of sp³-hybridized carbons (Fsp3) is 0.0909. The van der Waals surface area contributed by atoms with Crippen LogP contribution in [0.5, 0.6) is 11.5 Å². The zero-order chi connectivity index (χ0) is 23.1. The second kappa shape index (κ2) is 10.9. The summed E-state index contributed by atoms with van der Waals surface area (Å²) in [5.74, 6) is 0.588. The highest BCUT2D eigenvalue weighted by molar-refractivity contribution is 14.1. The van der Waals surface area contributed by atoms with Gasteiger partial charge in [-0.1, -0.05) is 29.8 Å². The molecule has 0 bridgehead atoms. The number of benzene rings is 3. The number of nitrogens with one attached hydrogen (secondary N) is 1. The van der Waals surface area contributed by atoms with E-state index in [2.05, 4.69) is 33.1 Å². The average molecular weight is 566 g/mol. The van der Waals surface area contributed by atoms with Crippen LogP contribution in [0.2, 0.25) is 5.02 Å². The van der Waals surface area contributed by atoms with Gasteiger partial charge in [-0.25, -0.2) is 5.43 Å². The monoisotopic (exact) mass is 565 g/mol. The molecule has 0 atom stereocenters. The molecule has 10 heteroatoms. The highest BCUT2D eigenvalue weighted by Crippen LogP contribution is 2.34. The van der Waals surface area contributed by atoms with Crippen molar-refractivity contribution in [2.45, 2.75) is 6.61 Å². The minimum absolute atomic E-state index is 0.0939. The van der Waals surface area contributed by atoms with Crippen LogP contribution in [-0.2, 0) is 6.61 Å². The summed E-state index contributed by atoms with van der Waals surface area (Å²) in [6.07, 6.45) is 1.46. The molecule has 0 radical (unpaired) electrons. The molecule has 1 N–H and O–H groups in total. The predicted molar refractivity (Wildman–Crippen MR) is 130 cm³/mol. The molecule has 0 aliphatic carbocycles. The van der Waals surface area contributed by atoms with Crippen LogP contribution in [0.4, 0.5) is 5.69 Å². The van der Waals surface area contributed by atoms with Gasteiger partial charge in [-0.2, -0.15) is 5.10 Å². The summed E-state index contributed by atoms with van der Waals surface area (Å²) in [5.41, 5.74) is 4.09. The number of halogens is 2. The van der Waals surface area contributed by atoms with Crippen LogP contribution in [-0.4, -0.2) is 24.2 Å². The maximum absolute atomic E-state index is 12.2. The number of ether oxygens (including phenoxy) is 2. The normalized spacial score (nSPS) is 10.7. The number of nitro groups is 1. The van der Waals surface area contributed by atoms with E-state index in [1.54, 1.807) is 12.1 Å². The number of hydrazone groups is 1. The Bertz CT molecular complexity index is 1170. The van der Waals surface area contributed by atoms with Crippen molar-refractivity contribution in [1.29, 1.82) is 0 Å². The van der Waals surface area contributed by atoms with E-state index in [0.717, 1.165) is 9.13 Å². The van der Waals surface area contributed by atoms with E-state index in [1.807, 2.05) is 24.3 Å². The first-order valence-corrected chi connectivity index (χ1v) is 10.7. The average Bonchev–Trinajstić information content (AvgIpc) is 2.79. The molecule has 0 saturated carbocycles. The van der Waals surface area contributed by atoms with Crippen molar-refractivity contribution < 1.29 is 19.2 Å². The van der Waals surface area contributed by atoms with Crippen LogP contribution in [0.3, 0.4) is 0 Å². The van der Waals surface area contributed by atoms with Crippen LogP contribution < -0.4 is 14.9 Å². The fourth-order valence-corrected chi connectivity index (χ4v) is 3.66. The topological polar surface area (TPSA) is 103 Å². The number of nitrogens with zero attached hydrogens (tertiary/aromatic N) is 2. The van der Waals surface area contributed by atoms with Gasteiger partial charge in [0, 0.05) is 28.3 Å². The van der Waals surface area contributed by atoms with Gasteiger partial charge in [-0.05, 0) is 58.5 Å². The van der Waals surface area contributed by atoms with Gasteiger partial charge in [-0.15, -0.1) is 0 Å². The zero-order valence-electron chi connectivity index (χ0n) is 16.7. The van der Waals surface area contributed by atoms with Crippen molar-refractivity contribution >= 4 is 52.0 Å². The first-order chi connectivity index (χ1) is 15.4. The molecular formula is C22H17ClIN3O5. The Labute approximate surface area is 202 Å². The van der Waals surface area contributed by atoms with E-state index >= 15 is 0 Å². The molecule has 1 amide bonds. The van der Waals surface area contributed by atoms with Gasteiger partial charge in [0.1, 0.15) is 6.61 Å². The van der Waals surface area contributed by atoms with Crippen molar-refractivity contribution in [2.75, 3.05) is 7.11 Å². The van der Waals surface area contributed by atoms with Crippen molar-refractivity contribution in [1.82, 2.24) is 5.43 Å². The van der Waals surface area contributed by atoms with Gasteiger partial charge < -0.3 is 9.47 Å². The number of methoxy groups -OCH3 is 1. The number of nitro benzene ring substituents is 1. The maximum atomic E-state index is 12.2. The molecule has 0 saturated heterocycles. The van der Waals surface area contributed by atoms with Crippen LogP contribution in [0.15, 0.2) is 65.8 Å². The molecule has 0 heterocycles. The molecule has 0 aromatic heterocycles. The minimum Gasteiger partial charge on any atom is -0.493 e. The molecule has 0 unspecified atom stereocenters. The molecule has 3 aromatic rings. The summed E-state index contributed by atoms with van der Waals surface area (Å²) in [4.78, 5) is 22.3. The first kappa shape index (κ1) is 23.5. The SMILES string of the molecule is COc1cc(C=NNC(=O)c2ccc([N+](=O)[O-])cc2)cc(I)c1OCc1ccccc1Cl. The minimum atomic E-state index is -0.531. The molecule has 32 heavy (non-hydrogen) atoms. The largest absolute Gasteiger partial charge is 0.493 e. The van der Waals surface area contributed by atoms with E-state index in [9.17, 15) is 14.9 Å². The Morgan fingerprint density at radius 2 is 1.94 bits per heavy atom. The number of hydrogen-bond acceptors (Lipinski definition) is 6. The molecule has 3 aromatic carbocycles. The van der Waals surface area contributed by atoms with E-state index in [-0.39, 0.29) is 17.9 Å². The number of carbonyl (C=O) groups is 1. The van der Waals surface area contributed by atoms with E-state index < -0.39 is 10.8 Å². The van der Waals surface area contributed by atoms with Gasteiger partial charge in [0.05, 0.1) is 21.8 Å². The number of hydrogen-bond donors (Lipinski definition) is 1. The van der Waals surface area contributed by atoms with Crippen molar-refractivity contribution in [3.05, 3.63) is 96.1 Å². The lowest BCUT2D eigenvalue weighted by Crippen LogP contribution is -2.17. The predicted octanol–water partition coefficient (Wildman–Crippen LogP) is 5.20. The fourth-order valence-electron chi connectivity index (χ4n) is 2.68. The Kier molecular flexibility index (Phi) is 8.01. The van der Waals surface area contributed by atoms with Crippen molar-refractivity contribution in [3.63, 3.8) is 0 Å². The van der Waals surface area contributed by atoms with E-state index in [0.29, 0.717) is 22.1 Å². The summed E-state index contributed by atoms with van der Waals surface area (Å²) in [5, 5.41) is 15.3. The number of amides is 1. The Hall–Kier alpha value is -3.18. The highest BCUT2D eigenvalue weighted by Gasteiger charge is 2.13. The zero-order valence-corrected chi connectivity index (χ0v) is 19.7. The Balaban J connectivity index is 1.68. The third kappa shape index (κ3) is 5.95. The quantitative estimate of drug-likeness (QED) is 0.175. The molecular weight excluding hydrogens is 549 g/mol. The van der Waals surface area contributed by atoms with Crippen LogP contribution in [0, 0.1) is 13.7 Å². The van der Waals surface area contributed by atoms with Gasteiger partial charge in [0.25, 0.3) is 11.6 Å². The summed E-state index contributed by atoms with van der Waals surface area (Å²) >= 11 is 8.31. The second-order valence-electron chi connectivity index (χ2n) is 6.42. The van der Waals surface area contributed by atoms with E-state index in [4.69, 9.17) is 21.1 Å². The molecule has 164 valence electrons. The Morgan fingerprint density at radius 3 is 2.59 bits per heavy atom. The highest BCUT2D eigenvalue weighted by atomic mass is 127. The second-order valence-corrected chi connectivity index (χ2v) is 7.99. The summed E-state index contributed by atoms with van der Waals surface area (Å²) in [7, 11) is 1.53. The van der Waals surface area contributed by atoms with E-state index in [1.165, 1.54) is 37.6 Å². The van der Waals surface area contributed by atoms with Crippen LogP contribution in [0.1, 0.15) is 21.5 Å². The van der Waals surface area contributed by atoms with Crippen LogP contribution in [0.25, 0.3) is 0 Å². The number of non-ortho nitro benzene ring substituents is 1. The molecule has 3 rings (SSSR count). The maximum Gasteiger partial charge on any atom is 0.271 e.